The first-order valence-corrected chi connectivity index (χ1v) is 9.37. The lowest BCUT2D eigenvalue weighted by molar-refractivity contribution is 0.0683. The molecule has 0 saturated carbocycles. The van der Waals surface area contributed by atoms with E-state index in [1.165, 1.54) is 12.1 Å². The van der Waals surface area contributed by atoms with Gasteiger partial charge in [0.2, 0.25) is 0 Å². The van der Waals surface area contributed by atoms with Gasteiger partial charge in [0.1, 0.15) is 5.84 Å². The van der Waals surface area contributed by atoms with Crippen molar-refractivity contribution < 1.29 is 13.2 Å². The molecule has 3 rings (SSSR count). The second-order valence-electron chi connectivity index (χ2n) is 5.31. The van der Waals surface area contributed by atoms with Crippen LogP contribution in [0.3, 0.4) is 0 Å². The fourth-order valence-corrected chi connectivity index (χ4v) is 3.59. The fraction of sp³-hybridized carbons (Fsp3) is 0.235. The molecule has 1 fully saturated rings. The van der Waals surface area contributed by atoms with Gasteiger partial charge in [-0.3, -0.25) is 0 Å². The normalized spacial score (nSPS) is 16.2. The molecule has 0 atom stereocenters. The van der Waals surface area contributed by atoms with Gasteiger partial charge < -0.3 is 9.64 Å². The Hall–Kier alpha value is -1.89. The number of hydrogen-bond acceptors (Lipinski definition) is 3. The van der Waals surface area contributed by atoms with Crippen LogP contribution in [0.15, 0.2) is 63.9 Å². The Labute approximate surface area is 146 Å². The lowest BCUT2D eigenvalue weighted by atomic mass is 10.2. The maximum Gasteiger partial charge on any atom is 0.284 e. The summed E-state index contributed by atoms with van der Waals surface area (Å²) >= 11 is 5.83. The second-order valence-corrected chi connectivity index (χ2v) is 7.35. The maximum absolute atomic E-state index is 12.7. The fourth-order valence-electron chi connectivity index (χ4n) is 2.43. The predicted molar refractivity (Wildman–Crippen MR) is 94.0 cm³/mol. The average molecular weight is 365 g/mol. The summed E-state index contributed by atoms with van der Waals surface area (Å²) < 4.78 is 34.8. The Morgan fingerprint density at radius 2 is 1.62 bits per heavy atom. The highest BCUT2D eigenvalue weighted by Crippen LogP contribution is 2.18. The number of amidine groups is 1. The molecule has 1 aliphatic heterocycles. The van der Waals surface area contributed by atoms with E-state index in [0.29, 0.717) is 37.2 Å². The number of morpholine rings is 1. The van der Waals surface area contributed by atoms with E-state index in [0.717, 1.165) is 5.56 Å². The Kier molecular flexibility index (Phi) is 5.18. The summed E-state index contributed by atoms with van der Waals surface area (Å²) in [6, 6.07) is 15.3. The van der Waals surface area contributed by atoms with Crippen LogP contribution in [0.1, 0.15) is 5.56 Å². The summed E-state index contributed by atoms with van der Waals surface area (Å²) in [7, 11) is -3.83. The minimum atomic E-state index is -3.83. The quantitative estimate of drug-likeness (QED) is 0.620. The SMILES string of the molecule is O=S(=O)(/N=C(\c1ccccc1)N1CCOCC1)c1ccc(Cl)cc1. The van der Waals surface area contributed by atoms with Crippen molar-refractivity contribution in [3.05, 3.63) is 65.2 Å². The van der Waals surface area contributed by atoms with E-state index < -0.39 is 10.0 Å². The first-order valence-electron chi connectivity index (χ1n) is 7.55. The van der Waals surface area contributed by atoms with Crippen LogP contribution in [-0.2, 0) is 14.8 Å². The van der Waals surface area contributed by atoms with Crippen LogP contribution >= 0.6 is 11.6 Å². The van der Waals surface area contributed by atoms with Crippen LogP contribution in [0.5, 0.6) is 0 Å². The zero-order valence-electron chi connectivity index (χ0n) is 12.9. The molecule has 0 aliphatic carbocycles. The molecule has 2 aromatic rings. The summed E-state index contributed by atoms with van der Waals surface area (Å²) in [6.07, 6.45) is 0. The molecule has 1 heterocycles. The summed E-state index contributed by atoms with van der Waals surface area (Å²) in [5.41, 5.74) is 0.761. The molecule has 0 bridgehead atoms. The number of rotatable bonds is 3. The zero-order valence-corrected chi connectivity index (χ0v) is 14.5. The van der Waals surface area contributed by atoms with Crippen LogP contribution in [0.25, 0.3) is 0 Å². The summed E-state index contributed by atoms with van der Waals surface area (Å²) in [5, 5.41) is 0.481. The van der Waals surface area contributed by atoms with E-state index in [9.17, 15) is 8.42 Å². The average Bonchev–Trinajstić information content (AvgIpc) is 2.62. The van der Waals surface area contributed by atoms with Gasteiger partial charge in [-0.25, -0.2) is 0 Å². The van der Waals surface area contributed by atoms with Gasteiger partial charge in [0.25, 0.3) is 10.0 Å². The number of halogens is 1. The number of benzene rings is 2. The lowest BCUT2D eigenvalue weighted by Crippen LogP contribution is -2.41. The summed E-state index contributed by atoms with van der Waals surface area (Å²) in [5.74, 6) is 0.439. The van der Waals surface area contributed by atoms with Crippen molar-refractivity contribution in [1.29, 1.82) is 0 Å². The lowest BCUT2D eigenvalue weighted by Gasteiger charge is -2.29. The van der Waals surface area contributed by atoms with Crippen LogP contribution in [0.2, 0.25) is 5.02 Å². The summed E-state index contributed by atoms with van der Waals surface area (Å²) in [4.78, 5) is 2.06. The van der Waals surface area contributed by atoms with Crippen LogP contribution in [-0.4, -0.2) is 45.5 Å². The van der Waals surface area contributed by atoms with Crippen LogP contribution in [0, 0.1) is 0 Å². The second kappa shape index (κ2) is 7.34. The topological polar surface area (TPSA) is 59.0 Å². The molecule has 126 valence electrons. The van der Waals surface area contributed by atoms with E-state index in [2.05, 4.69) is 4.40 Å². The molecule has 1 saturated heterocycles. The van der Waals surface area contributed by atoms with E-state index in [-0.39, 0.29) is 4.90 Å². The van der Waals surface area contributed by atoms with Gasteiger partial charge in [-0.1, -0.05) is 41.9 Å². The van der Waals surface area contributed by atoms with Crippen molar-refractivity contribution in [1.82, 2.24) is 4.90 Å². The Morgan fingerprint density at radius 1 is 1.00 bits per heavy atom. The largest absolute Gasteiger partial charge is 0.378 e. The van der Waals surface area contributed by atoms with Crippen LogP contribution < -0.4 is 0 Å². The number of ether oxygens (including phenoxy) is 1. The molecule has 5 nitrogen and oxygen atoms in total. The first kappa shape index (κ1) is 17.0. The Balaban J connectivity index is 2.03. The highest BCUT2D eigenvalue weighted by Gasteiger charge is 2.21. The Morgan fingerprint density at radius 3 is 2.25 bits per heavy atom. The molecule has 0 aromatic heterocycles. The Bertz CT molecular complexity index is 815. The third-order valence-electron chi connectivity index (χ3n) is 3.66. The smallest absolute Gasteiger partial charge is 0.284 e. The van der Waals surface area contributed by atoms with Gasteiger partial charge in [0.05, 0.1) is 18.1 Å². The zero-order chi connectivity index (χ0) is 17.0. The number of nitrogens with zero attached hydrogens (tertiary/aromatic N) is 2. The van der Waals surface area contributed by atoms with Crippen molar-refractivity contribution in [2.75, 3.05) is 26.3 Å². The van der Waals surface area contributed by atoms with Gasteiger partial charge in [-0.15, -0.1) is 4.40 Å². The highest BCUT2D eigenvalue weighted by molar-refractivity contribution is 7.90. The number of hydrogen-bond donors (Lipinski definition) is 0. The third kappa shape index (κ3) is 3.95. The van der Waals surface area contributed by atoms with Gasteiger partial charge in [0, 0.05) is 23.7 Å². The van der Waals surface area contributed by atoms with E-state index in [1.807, 2.05) is 35.2 Å². The summed E-state index contributed by atoms with van der Waals surface area (Å²) in [6.45, 7) is 2.30. The van der Waals surface area contributed by atoms with Gasteiger partial charge in [-0.2, -0.15) is 8.42 Å². The van der Waals surface area contributed by atoms with Crippen molar-refractivity contribution in [2.45, 2.75) is 4.90 Å². The minimum absolute atomic E-state index is 0.119. The van der Waals surface area contributed by atoms with E-state index in [1.54, 1.807) is 12.1 Å². The van der Waals surface area contributed by atoms with Crippen molar-refractivity contribution in [2.24, 2.45) is 4.40 Å². The number of sulfonamides is 1. The molecular weight excluding hydrogens is 348 g/mol. The molecule has 0 spiro atoms. The molecule has 0 radical (unpaired) electrons. The van der Waals surface area contributed by atoms with Crippen molar-refractivity contribution >= 4 is 27.5 Å². The molecule has 0 amide bonds. The van der Waals surface area contributed by atoms with E-state index in [4.69, 9.17) is 16.3 Å². The predicted octanol–water partition coefficient (Wildman–Crippen LogP) is 2.81. The standard InChI is InChI=1S/C17H17ClN2O3S/c18-15-6-8-16(9-7-15)24(21,22)19-17(14-4-2-1-3-5-14)20-10-12-23-13-11-20/h1-9H,10-13H2/b19-17+. The molecule has 24 heavy (non-hydrogen) atoms. The monoisotopic (exact) mass is 364 g/mol. The van der Waals surface area contributed by atoms with Crippen molar-refractivity contribution in [3.63, 3.8) is 0 Å². The molecular formula is C17H17ClN2O3S. The molecule has 0 N–H and O–H groups in total. The van der Waals surface area contributed by atoms with Gasteiger partial charge in [0.15, 0.2) is 0 Å². The third-order valence-corrected chi connectivity index (χ3v) is 5.19. The van der Waals surface area contributed by atoms with Crippen molar-refractivity contribution in [3.8, 4) is 0 Å². The van der Waals surface area contributed by atoms with Gasteiger partial charge in [-0.05, 0) is 24.3 Å². The molecule has 1 aliphatic rings. The molecule has 0 unspecified atom stereocenters. The van der Waals surface area contributed by atoms with Crippen LogP contribution in [0.4, 0.5) is 0 Å². The van der Waals surface area contributed by atoms with Gasteiger partial charge >= 0.3 is 0 Å². The minimum Gasteiger partial charge on any atom is -0.378 e. The molecule has 7 heteroatoms. The van der Waals surface area contributed by atoms with E-state index >= 15 is 0 Å². The maximum atomic E-state index is 12.7. The highest BCUT2D eigenvalue weighted by atomic mass is 35.5. The first-order chi connectivity index (χ1) is 11.6. The molecule has 2 aromatic carbocycles.